The SMILES string of the molecule is Nc1c(S(=O)(=O)O)cc(N=Nc2ccc(S(=O)(=S)CCOSOOO)cc2)c(NCS(=O)(=O)O)c1N=Nc1ccc(S(=O)(=S)CCOS(=O)O)cc1. The molecule has 0 fully saturated rings. The number of azo groups is 2. The summed E-state index contributed by atoms with van der Waals surface area (Å²) in [6.45, 7) is -0.509. The van der Waals surface area contributed by atoms with Gasteiger partial charge in [-0.1, -0.05) is 5.04 Å². The van der Waals surface area contributed by atoms with E-state index in [1.807, 2.05) is 0 Å². The lowest BCUT2D eigenvalue weighted by Crippen LogP contribution is -2.14. The Hall–Kier alpha value is -2.72. The average molecular weight is 883 g/mol. The standard InChI is InChI=1S/C23H26N6O15S8/c24-21-20(52(38,39)40)13-19(28-26-15-1-5-17(6-2-15)49(33,45)11-9-41-47-44-43-30)22(25-14-51(35,36)37)23(21)29-27-16-3-7-18(8-4-16)50(34,46)12-10-42-48(31)32/h1-8,13,25,30H,9-12,14,24H2,(H,31,32)(H,35,36,37)(H,38,39,40). The van der Waals surface area contributed by atoms with Gasteiger partial charge in [0.05, 0.1) is 64.5 Å². The number of nitrogens with one attached hydrogen (secondary N) is 1. The Kier molecular flexibility index (Phi) is 16.0. The van der Waals surface area contributed by atoms with E-state index in [1.165, 1.54) is 48.5 Å². The molecule has 286 valence electrons. The van der Waals surface area contributed by atoms with Gasteiger partial charge in [-0.05, 0) is 77.0 Å². The fourth-order valence-corrected chi connectivity index (χ4v) is 8.57. The number of rotatable bonds is 20. The van der Waals surface area contributed by atoms with Crippen LogP contribution in [0.25, 0.3) is 0 Å². The van der Waals surface area contributed by atoms with Gasteiger partial charge in [-0.25, -0.2) is 5.26 Å². The quantitative estimate of drug-likeness (QED) is 0.0137. The Balaban J connectivity index is 2.02. The lowest BCUT2D eigenvalue weighted by molar-refractivity contribution is -0.434. The summed E-state index contributed by atoms with van der Waals surface area (Å²) in [4.78, 5) is -0.557. The van der Waals surface area contributed by atoms with Gasteiger partial charge in [0.1, 0.15) is 22.1 Å². The molecule has 21 nitrogen and oxygen atoms in total. The van der Waals surface area contributed by atoms with Crippen molar-refractivity contribution in [3.05, 3.63) is 54.6 Å². The lowest BCUT2D eigenvalue weighted by atomic mass is 10.2. The summed E-state index contributed by atoms with van der Waals surface area (Å²) < 4.78 is 126. The number of nitrogen functional groups attached to an aromatic ring is 1. The summed E-state index contributed by atoms with van der Waals surface area (Å²) in [5.74, 6) is -1.54. The summed E-state index contributed by atoms with van der Waals surface area (Å²) in [7, 11) is -15.9. The van der Waals surface area contributed by atoms with Crippen molar-refractivity contribution < 1.29 is 66.1 Å². The van der Waals surface area contributed by atoms with Gasteiger partial charge >= 0.3 is 11.4 Å². The maximum Gasteiger partial charge on any atom is 0.301 e. The van der Waals surface area contributed by atoms with Crippen LogP contribution < -0.4 is 11.1 Å². The van der Waals surface area contributed by atoms with E-state index in [9.17, 15) is 38.6 Å². The topological polar surface area (TPSA) is 325 Å². The zero-order valence-corrected chi connectivity index (χ0v) is 32.2. The van der Waals surface area contributed by atoms with E-state index in [4.69, 9.17) is 42.1 Å². The first-order chi connectivity index (χ1) is 24.2. The van der Waals surface area contributed by atoms with Crippen molar-refractivity contribution in [2.75, 3.05) is 41.6 Å². The number of hydrogen-bond donors (Lipinski definition) is 6. The zero-order chi connectivity index (χ0) is 38.7. The fourth-order valence-electron chi connectivity index (χ4n) is 3.70. The molecule has 29 heteroatoms. The second-order valence-corrected chi connectivity index (χ2v) is 21.0. The normalized spacial score (nSPS) is 15.4. The molecular weight excluding hydrogens is 857 g/mol. The van der Waals surface area contributed by atoms with Crippen LogP contribution in [0, 0.1) is 0 Å². The molecule has 0 saturated heterocycles. The van der Waals surface area contributed by atoms with Gasteiger partial charge in [0.2, 0.25) is 0 Å². The molecule has 0 radical (unpaired) electrons. The molecule has 0 amide bonds. The molecule has 3 aromatic rings. The van der Waals surface area contributed by atoms with Gasteiger partial charge in [-0.15, -0.1) is 14.6 Å². The number of anilines is 2. The molecule has 3 atom stereocenters. The predicted molar refractivity (Wildman–Crippen MR) is 194 cm³/mol. The first kappa shape index (κ1) is 43.7. The second kappa shape index (κ2) is 19.0. The van der Waals surface area contributed by atoms with E-state index in [0.29, 0.717) is 0 Å². The van der Waals surface area contributed by atoms with Crippen molar-refractivity contribution in [2.45, 2.75) is 14.7 Å². The highest BCUT2D eigenvalue weighted by atomic mass is 32.8. The van der Waals surface area contributed by atoms with E-state index >= 15 is 0 Å². The lowest BCUT2D eigenvalue weighted by Gasteiger charge is -2.14. The molecule has 52 heavy (non-hydrogen) atoms. The molecule has 0 aromatic heterocycles. The van der Waals surface area contributed by atoms with Crippen molar-refractivity contribution >= 4 is 117 Å². The molecular formula is C23H26N6O15S8. The third-order valence-corrected chi connectivity index (χ3v) is 13.7. The summed E-state index contributed by atoms with van der Waals surface area (Å²) in [5.41, 5.74) is 4.05. The summed E-state index contributed by atoms with van der Waals surface area (Å²) in [6.07, 6.45) is 0. The molecule has 3 aromatic carbocycles. The molecule has 0 saturated carbocycles. The monoisotopic (exact) mass is 882 g/mol. The first-order valence-electron chi connectivity index (χ1n) is 13.4. The van der Waals surface area contributed by atoms with Crippen LogP contribution in [0.1, 0.15) is 0 Å². The van der Waals surface area contributed by atoms with Gasteiger partial charge in [0.25, 0.3) is 20.2 Å². The third-order valence-electron chi connectivity index (χ3n) is 6.00. The minimum absolute atomic E-state index is 0.0541. The van der Waals surface area contributed by atoms with E-state index < -0.39 is 82.1 Å². The van der Waals surface area contributed by atoms with Crippen LogP contribution in [-0.4, -0.2) is 79.0 Å². The molecule has 3 unspecified atom stereocenters. The van der Waals surface area contributed by atoms with Gasteiger partial charge < -0.3 is 11.1 Å². The summed E-state index contributed by atoms with van der Waals surface area (Å²) in [6, 6.07) is 11.4. The predicted octanol–water partition coefficient (Wildman–Crippen LogP) is 3.97. The Morgan fingerprint density at radius 1 is 0.827 bits per heavy atom. The van der Waals surface area contributed by atoms with Crippen molar-refractivity contribution in [3.8, 4) is 0 Å². The molecule has 0 bridgehead atoms. The van der Waals surface area contributed by atoms with Gasteiger partial charge in [0.15, 0.2) is 12.3 Å². The Morgan fingerprint density at radius 3 is 1.83 bits per heavy atom. The first-order valence-corrected chi connectivity index (χ1v) is 23.4. The highest BCUT2D eigenvalue weighted by Crippen LogP contribution is 2.45. The molecule has 0 aliphatic heterocycles. The molecule has 0 aliphatic carbocycles. The number of hydrogen-bond acceptors (Lipinski definition) is 21. The van der Waals surface area contributed by atoms with Crippen molar-refractivity contribution in [1.29, 1.82) is 0 Å². The molecule has 3 rings (SSSR count). The van der Waals surface area contributed by atoms with Gasteiger partial charge in [0, 0.05) is 9.79 Å². The Labute approximate surface area is 313 Å². The fraction of sp³-hybridized carbons (Fsp3) is 0.217. The molecule has 0 spiro atoms. The smallest absolute Gasteiger partial charge is 0.301 e. The van der Waals surface area contributed by atoms with E-state index in [1.54, 1.807) is 0 Å². The van der Waals surface area contributed by atoms with Crippen molar-refractivity contribution in [2.24, 2.45) is 20.5 Å². The van der Waals surface area contributed by atoms with Gasteiger partial charge in [-0.2, -0.15) is 31.3 Å². The number of nitrogens with zero attached hydrogens (tertiary/aromatic N) is 4. The van der Waals surface area contributed by atoms with E-state index in [2.05, 4.69) is 39.3 Å². The van der Waals surface area contributed by atoms with Crippen LogP contribution in [-0.2, 0) is 88.7 Å². The minimum Gasteiger partial charge on any atom is -0.396 e. The highest BCUT2D eigenvalue weighted by Gasteiger charge is 2.25. The number of nitrogens with two attached hydrogens (primary N) is 1. The van der Waals surface area contributed by atoms with Crippen LogP contribution >= 0.6 is 12.3 Å². The van der Waals surface area contributed by atoms with Crippen LogP contribution in [0.5, 0.6) is 0 Å². The zero-order valence-electron chi connectivity index (χ0n) is 25.6. The molecule has 7 N–H and O–H groups in total. The maximum absolute atomic E-state index is 12.9. The highest BCUT2D eigenvalue weighted by molar-refractivity contribution is 8.33. The Morgan fingerprint density at radius 2 is 1.35 bits per heavy atom. The van der Waals surface area contributed by atoms with Crippen LogP contribution in [0.2, 0.25) is 0 Å². The second-order valence-electron chi connectivity index (χ2n) is 9.51. The Bertz CT molecular complexity index is 2260. The van der Waals surface area contributed by atoms with E-state index in [-0.39, 0.29) is 58.2 Å². The van der Waals surface area contributed by atoms with Crippen molar-refractivity contribution in [3.63, 3.8) is 0 Å². The molecule has 0 heterocycles. The summed E-state index contributed by atoms with van der Waals surface area (Å²) >= 11 is 7.97. The van der Waals surface area contributed by atoms with Crippen molar-refractivity contribution in [1.82, 2.24) is 0 Å². The number of benzene rings is 3. The molecule has 0 aliphatic rings. The minimum atomic E-state index is -5.07. The largest absolute Gasteiger partial charge is 0.396 e. The van der Waals surface area contributed by atoms with Gasteiger partial charge in [-0.3, -0.25) is 30.4 Å². The van der Waals surface area contributed by atoms with E-state index in [0.717, 1.165) is 6.07 Å². The third kappa shape index (κ3) is 13.6. The average Bonchev–Trinajstić information content (AvgIpc) is 3.05. The summed E-state index contributed by atoms with van der Waals surface area (Å²) in [5, 5.41) is 29.6. The van der Waals surface area contributed by atoms with Crippen LogP contribution in [0.15, 0.2) is 89.7 Å². The maximum atomic E-state index is 12.9. The van der Waals surface area contributed by atoms with Crippen LogP contribution in [0.4, 0.5) is 34.1 Å². The van der Waals surface area contributed by atoms with Crippen LogP contribution in [0.3, 0.4) is 0 Å².